The van der Waals surface area contributed by atoms with Crippen LogP contribution < -0.4 is 5.73 Å². The van der Waals surface area contributed by atoms with Crippen LogP contribution in [0.1, 0.15) is 29.1 Å². The molecule has 0 radical (unpaired) electrons. The van der Waals surface area contributed by atoms with E-state index in [4.69, 9.17) is 24.6 Å². The molecule has 5 rings (SSSR count). The van der Waals surface area contributed by atoms with E-state index in [1.807, 2.05) is 37.3 Å². The van der Waals surface area contributed by atoms with E-state index in [0.29, 0.717) is 36.9 Å². The molecule has 1 fully saturated rings. The van der Waals surface area contributed by atoms with Crippen molar-refractivity contribution in [3.05, 3.63) is 59.2 Å². The van der Waals surface area contributed by atoms with Crippen LogP contribution in [-0.2, 0) is 22.5 Å². The second-order valence-electron chi connectivity index (χ2n) is 7.31. The van der Waals surface area contributed by atoms with E-state index in [1.165, 1.54) is 0 Å². The molecule has 0 spiro atoms. The van der Waals surface area contributed by atoms with Gasteiger partial charge in [0.25, 0.3) is 0 Å². The molecule has 1 atom stereocenters. The Kier molecular flexibility index (Phi) is 4.89. The number of nitrogens with two attached hydrogens (primary N) is 1. The van der Waals surface area contributed by atoms with Crippen LogP contribution in [0.25, 0.3) is 17.2 Å². The summed E-state index contributed by atoms with van der Waals surface area (Å²) in [4.78, 5) is 13.4. The van der Waals surface area contributed by atoms with Gasteiger partial charge in [-0.25, -0.2) is 0 Å². The Morgan fingerprint density at radius 3 is 2.87 bits per heavy atom. The third-order valence-corrected chi connectivity index (χ3v) is 5.01. The highest BCUT2D eigenvalue weighted by atomic mass is 16.5. The number of nitrogen functional groups attached to an aromatic ring is 1. The van der Waals surface area contributed by atoms with E-state index < -0.39 is 0 Å². The molecule has 9 heteroatoms. The number of rotatable bonds is 6. The molecule has 0 saturated carbocycles. The highest BCUT2D eigenvalue weighted by Crippen LogP contribution is 2.23. The number of hydrogen-bond donors (Lipinski definition) is 1. The van der Waals surface area contributed by atoms with Gasteiger partial charge in [-0.05, 0) is 37.6 Å². The summed E-state index contributed by atoms with van der Waals surface area (Å²) in [7, 11) is 0. The van der Waals surface area contributed by atoms with Crippen molar-refractivity contribution in [3.8, 4) is 11.6 Å². The maximum atomic E-state index is 5.97. The quantitative estimate of drug-likeness (QED) is 0.520. The zero-order chi connectivity index (χ0) is 20.5. The minimum Gasteiger partial charge on any atom is -0.458 e. The van der Waals surface area contributed by atoms with Crippen LogP contribution >= 0.6 is 0 Å². The average molecular weight is 406 g/mol. The Hall–Kier alpha value is -3.30. The van der Waals surface area contributed by atoms with Crippen LogP contribution in [0.5, 0.6) is 0 Å². The molecular formula is C21H22N6O3. The van der Waals surface area contributed by atoms with Crippen LogP contribution in [0.3, 0.4) is 0 Å². The molecule has 5 heterocycles. The van der Waals surface area contributed by atoms with Crippen molar-refractivity contribution in [2.45, 2.75) is 32.5 Å². The standard InChI is InChI=1S/C21H22N6O3/c1-13-5-6-18(30-13)20-26-21(22)25-19-14(10-23-27(19)20)9-15-3-2-4-16(24-15)11-29-17-7-8-28-12-17/h2-6,10,17H,7-9,11-12H2,1H3,(H2,22,25)/t17-/m0/s1. The van der Waals surface area contributed by atoms with Gasteiger partial charge in [0.15, 0.2) is 11.4 Å². The molecule has 30 heavy (non-hydrogen) atoms. The third kappa shape index (κ3) is 3.77. The molecule has 0 unspecified atom stereocenters. The normalized spacial score (nSPS) is 16.5. The number of aromatic nitrogens is 5. The Morgan fingerprint density at radius 1 is 1.17 bits per heavy atom. The number of anilines is 1. The molecule has 0 aromatic carbocycles. The van der Waals surface area contributed by atoms with E-state index in [0.717, 1.165) is 35.7 Å². The topological polar surface area (TPSA) is 114 Å². The van der Waals surface area contributed by atoms with Crippen LogP contribution in [0.15, 0.2) is 40.9 Å². The summed E-state index contributed by atoms with van der Waals surface area (Å²) in [6, 6.07) is 9.65. The van der Waals surface area contributed by atoms with Crippen molar-refractivity contribution in [1.82, 2.24) is 24.6 Å². The molecule has 4 aromatic heterocycles. The number of hydrogen-bond acceptors (Lipinski definition) is 8. The van der Waals surface area contributed by atoms with Crippen molar-refractivity contribution in [2.24, 2.45) is 0 Å². The smallest absolute Gasteiger partial charge is 0.224 e. The molecule has 2 N–H and O–H groups in total. The first-order chi connectivity index (χ1) is 14.7. The molecule has 0 amide bonds. The van der Waals surface area contributed by atoms with Gasteiger partial charge in [0.1, 0.15) is 5.76 Å². The van der Waals surface area contributed by atoms with Gasteiger partial charge in [-0.3, -0.25) is 4.98 Å². The van der Waals surface area contributed by atoms with Gasteiger partial charge in [0.2, 0.25) is 11.8 Å². The Balaban J connectivity index is 1.40. The molecule has 0 bridgehead atoms. The van der Waals surface area contributed by atoms with E-state index in [1.54, 1.807) is 10.7 Å². The summed E-state index contributed by atoms with van der Waals surface area (Å²) in [5, 5.41) is 4.46. The lowest BCUT2D eigenvalue weighted by atomic mass is 10.1. The highest BCUT2D eigenvalue weighted by Gasteiger charge is 2.18. The van der Waals surface area contributed by atoms with Gasteiger partial charge >= 0.3 is 0 Å². The van der Waals surface area contributed by atoms with Crippen molar-refractivity contribution in [1.29, 1.82) is 0 Å². The highest BCUT2D eigenvalue weighted by molar-refractivity contribution is 5.59. The van der Waals surface area contributed by atoms with Gasteiger partial charge in [-0.1, -0.05) is 6.07 Å². The van der Waals surface area contributed by atoms with Gasteiger partial charge in [0.05, 0.1) is 31.2 Å². The predicted molar refractivity (Wildman–Crippen MR) is 109 cm³/mol. The van der Waals surface area contributed by atoms with Crippen LogP contribution in [0, 0.1) is 6.92 Å². The van der Waals surface area contributed by atoms with Gasteiger partial charge < -0.3 is 19.6 Å². The molecule has 1 aliphatic rings. The number of fused-ring (bicyclic) bond motifs is 1. The lowest BCUT2D eigenvalue weighted by Gasteiger charge is -2.10. The van der Waals surface area contributed by atoms with E-state index >= 15 is 0 Å². The summed E-state index contributed by atoms with van der Waals surface area (Å²) >= 11 is 0. The van der Waals surface area contributed by atoms with E-state index in [-0.39, 0.29) is 12.1 Å². The molecule has 1 saturated heterocycles. The van der Waals surface area contributed by atoms with Crippen molar-refractivity contribution in [2.75, 3.05) is 18.9 Å². The first-order valence-corrected chi connectivity index (χ1v) is 9.87. The zero-order valence-corrected chi connectivity index (χ0v) is 16.6. The van der Waals surface area contributed by atoms with Gasteiger partial charge in [0, 0.05) is 24.3 Å². The minimum absolute atomic E-state index is 0.151. The van der Waals surface area contributed by atoms with Crippen molar-refractivity contribution >= 4 is 11.6 Å². The lowest BCUT2D eigenvalue weighted by Crippen LogP contribution is -2.12. The molecule has 4 aromatic rings. The fraction of sp³-hybridized carbons (Fsp3) is 0.333. The maximum absolute atomic E-state index is 5.97. The number of pyridine rings is 1. The van der Waals surface area contributed by atoms with Crippen LogP contribution in [0.2, 0.25) is 0 Å². The summed E-state index contributed by atoms with van der Waals surface area (Å²) in [6.07, 6.45) is 3.42. The van der Waals surface area contributed by atoms with Crippen molar-refractivity contribution in [3.63, 3.8) is 0 Å². The average Bonchev–Trinajstić information content (AvgIpc) is 3.48. The minimum atomic E-state index is 0.151. The largest absolute Gasteiger partial charge is 0.458 e. The second kappa shape index (κ2) is 7.85. The fourth-order valence-corrected chi connectivity index (χ4v) is 3.53. The molecule has 9 nitrogen and oxygen atoms in total. The fourth-order valence-electron chi connectivity index (χ4n) is 3.53. The van der Waals surface area contributed by atoms with E-state index in [2.05, 4.69) is 15.1 Å². The van der Waals surface area contributed by atoms with Gasteiger partial charge in [-0.2, -0.15) is 19.6 Å². The Labute approximate surface area is 172 Å². The molecule has 0 aliphatic carbocycles. The van der Waals surface area contributed by atoms with Gasteiger partial charge in [-0.15, -0.1) is 0 Å². The summed E-state index contributed by atoms with van der Waals surface area (Å²) in [6.45, 7) is 3.76. The molecular weight excluding hydrogens is 384 g/mol. The third-order valence-electron chi connectivity index (χ3n) is 5.01. The second-order valence-corrected chi connectivity index (χ2v) is 7.31. The zero-order valence-electron chi connectivity index (χ0n) is 16.6. The summed E-state index contributed by atoms with van der Waals surface area (Å²) < 4.78 is 18.6. The number of aryl methyl sites for hydroxylation is 1. The lowest BCUT2D eigenvalue weighted by molar-refractivity contribution is 0.0301. The van der Waals surface area contributed by atoms with Crippen LogP contribution in [-0.4, -0.2) is 43.9 Å². The van der Waals surface area contributed by atoms with Crippen LogP contribution in [0.4, 0.5) is 5.95 Å². The Bertz CT molecular complexity index is 1180. The SMILES string of the molecule is Cc1ccc(-c2nc(N)nc3c(Cc4cccc(CO[C@H]5CCOC5)n4)cnn23)o1. The number of nitrogens with zero attached hydrogens (tertiary/aromatic N) is 5. The monoisotopic (exact) mass is 406 g/mol. The Morgan fingerprint density at radius 2 is 2.07 bits per heavy atom. The summed E-state index contributed by atoms with van der Waals surface area (Å²) in [5.41, 5.74) is 9.30. The molecule has 1 aliphatic heterocycles. The molecule has 154 valence electrons. The number of ether oxygens (including phenoxy) is 2. The van der Waals surface area contributed by atoms with E-state index in [9.17, 15) is 0 Å². The first-order valence-electron chi connectivity index (χ1n) is 9.87. The predicted octanol–water partition coefficient (Wildman–Crippen LogP) is 2.57. The van der Waals surface area contributed by atoms with Crippen molar-refractivity contribution < 1.29 is 13.9 Å². The maximum Gasteiger partial charge on any atom is 0.224 e. The summed E-state index contributed by atoms with van der Waals surface area (Å²) in [5.74, 6) is 2.07. The number of furan rings is 1. The first kappa shape index (κ1) is 18.7.